The predicted octanol–water partition coefficient (Wildman–Crippen LogP) is 2.83. The van der Waals surface area contributed by atoms with E-state index in [4.69, 9.17) is 4.52 Å². The van der Waals surface area contributed by atoms with Crippen LogP contribution in [0.25, 0.3) is 0 Å². The molecule has 70 valence electrons. The lowest BCUT2D eigenvalue weighted by Gasteiger charge is -2.15. The van der Waals surface area contributed by atoms with Crippen LogP contribution in [0.5, 0.6) is 0 Å². The molecule has 0 heterocycles. The molecular formula is C5H14I2NO2P. The van der Waals surface area contributed by atoms with E-state index in [0.717, 1.165) is 0 Å². The van der Waals surface area contributed by atoms with E-state index in [-0.39, 0.29) is 0 Å². The van der Waals surface area contributed by atoms with Crippen LogP contribution in [0.3, 0.4) is 0 Å². The Hall–Kier alpha value is 1.61. The van der Waals surface area contributed by atoms with Gasteiger partial charge in [0.25, 0.3) is 0 Å². The van der Waals surface area contributed by atoms with Crippen molar-refractivity contribution >= 4 is 44.6 Å². The van der Waals surface area contributed by atoms with Gasteiger partial charge in [-0.05, 0) is 14.1 Å². The van der Waals surface area contributed by atoms with Crippen molar-refractivity contribution in [3.63, 3.8) is 0 Å². The maximum absolute atomic E-state index is 11.1. The predicted molar refractivity (Wildman–Crippen MR) is 67.1 cm³/mol. The first-order valence-electron chi connectivity index (χ1n) is 2.89. The van der Waals surface area contributed by atoms with Gasteiger partial charge < -0.3 is 9.42 Å². The summed E-state index contributed by atoms with van der Waals surface area (Å²) in [4.78, 5) is 1.85. The molecule has 1 atom stereocenters. The quantitative estimate of drug-likeness (QED) is 0.535. The van der Waals surface area contributed by atoms with Crippen LogP contribution in [0.4, 0.5) is 0 Å². The molecule has 0 aliphatic heterocycles. The molecule has 0 aliphatic rings. The van der Waals surface area contributed by atoms with E-state index in [1.807, 2.05) is 19.0 Å². The molecule has 0 bridgehead atoms. The van der Waals surface area contributed by atoms with Gasteiger partial charge in [-0.15, -0.1) is 0 Å². The summed E-state index contributed by atoms with van der Waals surface area (Å²) in [6.45, 7) is 1.63. The summed E-state index contributed by atoms with van der Waals surface area (Å²) >= 11 is 4.24. The smallest absolute Gasteiger partial charge is 0.213 e. The molecule has 0 aliphatic carbocycles. The Bertz CT molecular complexity index is 132. The molecule has 0 rings (SSSR count). The fourth-order valence-corrected chi connectivity index (χ4v) is 1.71. The fraction of sp³-hybridized carbons (Fsp3) is 1.00. The SMILES string of the molecule is COP(C)(=O)CN(C)C.II. The minimum Gasteiger partial charge on any atom is -0.331 e. The first-order chi connectivity index (χ1) is 4.98. The number of nitrogens with zero attached hydrogens (tertiary/aromatic N) is 1. The lowest BCUT2D eigenvalue weighted by molar-refractivity contribution is 0.368. The van der Waals surface area contributed by atoms with E-state index < -0.39 is 7.37 Å². The van der Waals surface area contributed by atoms with E-state index in [2.05, 4.69) is 37.2 Å². The normalized spacial score (nSPS) is 15.2. The van der Waals surface area contributed by atoms with Crippen LogP contribution in [0.2, 0.25) is 0 Å². The first-order valence-corrected chi connectivity index (χ1v) is 11.4. The largest absolute Gasteiger partial charge is 0.331 e. The van der Waals surface area contributed by atoms with Gasteiger partial charge in [0.1, 0.15) is 0 Å². The van der Waals surface area contributed by atoms with Crippen molar-refractivity contribution < 1.29 is 9.09 Å². The Balaban J connectivity index is 0. The summed E-state index contributed by atoms with van der Waals surface area (Å²) < 4.78 is 15.9. The zero-order chi connectivity index (χ0) is 9.49. The highest BCUT2D eigenvalue weighted by Crippen LogP contribution is 2.40. The second kappa shape index (κ2) is 8.22. The zero-order valence-corrected chi connectivity index (χ0v) is 12.4. The van der Waals surface area contributed by atoms with Gasteiger partial charge in [0, 0.05) is 51.0 Å². The molecule has 0 N–H and O–H groups in total. The van der Waals surface area contributed by atoms with Crippen LogP contribution >= 0.6 is 44.6 Å². The topological polar surface area (TPSA) is 29.5 Å². The minimum atomic E-state index is -2.30. The van der Waals surface area contributed by atoms with Crippen LogP contribution in [0.1, 0.15) is 0 Å². The van der Waals surface area contributed by atoms with Gasteiger partial charge in [-0.25, -0.2) is 0 Å². The average Bonchev–Trinajstić information content (AvgIpc) is 1.90. The third kappa shape index (κ3) is 11.6. The number of halogens is 2. The monoisotopic (exact) mass is 405 g/mol. The van der Waals surface area contributed by atoms with E-state index in [1.165, 1.54) is 7.11 Å². The lowest BCUT2D eigenvalue weighted by atomic mass is 11.0. The Kier molecular flexibility index (Phi) is 11.3. The summed E-state index contributed by atoms with van der Waals surface area (Å²) in [6, 6.07) is 0. The molecular weight excluding hydrogens is 391 g/mol. The number of hydrogen-bond donors (Lipinski definition) is 0. The Morgan fingerprint density at radius 1 is 1.45 bits per heavy atom. The van der Waals surface area contributed by atoms with Crippen molar-refractivity contribution in [1.82, 2.24) is 4.90 Å². The number of hydrogen-bond acceptors (Lipinski definition) is 3. The van der Waals surface area contributed by atoms with Crippen LogP contribution < -0.4 is 0 Å². The molecule has 1 unspecified atom stereocenters. The van der Waals surface area contributed by atoms with E-state index in [9.17, 15) is 4.57 Å². The Morgan fingerprint density at radius 2 is 1.82 bits per heavy atom. The molecule has 6 heteroatoms. The van der Waals surface area contributed by atoms with Gasteiger partial charge in [-0.1, -0.05) is 0 Å². The van der Waals surface area contributed by atoms with Crippen molar-refractivity contribution in [1.29, 1.82) is 0 Å². The minimum absolute atomic E-state index is 0.517. The fourth-order valence-electron chi connectivity index (χ4n) is 0.572. The maximum Gasteiger partial charge on any atom is 0.213 e. The molecule has 0 fully saturated rings. The first kappa shape index (κ1) is 15.1. The summed E-state index contributed by atoms with van der Waals surface area (Å²) in [7, 11) is 2.91. The lowest BCUT2D eigenvalue weighted by Crippen LogP contribution is -2.13. The highest BCUT2D eigenvalue weighted by atomic mass is 128. The van der Waals surface area contributed by atoms with Gasteiger partial charge >= 0.3 is 0 Å². The Morgan fingerprint density at radius 3 is 1.91 bits per heavy atom. The molecule has 0 spiro atoms. The van der Waals surface area contributed by atoms with E-state index in [1.54, 1.807) is 6.66 Å². The summed E-state index contributed by atoms with van der Waals surface area (Å²) in [6.07, 6.45) is 0.517. The van der Waals surface area contributed by atoms with Crippen molar-refractivity contribution in [2.24, 2.45) is 0 Å². The van der Waals surface area contributed by atoms with Crippen LogP contribution in [0.15, 0.2) is 0 Å². The van der Waals surface area contributed by atoms with Crippen molar-refractivity contribution in [3.8, 4) is 0 Å². The van der Waals surface area contributed by atoms with Gasteiger partial charge in [0.05, 0.1) is 6.29 Å². The van der Waals surface area contributed by atoms with E-state index in [0.29, 0.717) is 6.29 Å². The second-order valence-electron chi connectivity index (χ2n) is 2.42. The van der Waals surface area contributed by atoms with Gasteiger partial charge in [0.15, 0.2) is 0 Å². The standard InChI is InChI=1S/C5H14NO2P.I2/c1-6(2)5-9(4,7)8-3;1-2/h5H2,1-4H3;. The second-order valence-corrected chi connectivity index (χ2v) is 5.09. The molecule has 0 aromatic rings. The molecule has 0 aromatic carbocycles. The molecule has 0 saturated carbocycles. The van der Waals surface area contributed by atoms with Crippen LogP contribution in [0, 0.1) is 0 Å². The summed E-state index contributed by atoms with van der Waals surface area (Å²) in [5.74, 6) is 0. The van der Waals surface area contributed by atoms with Gasteiger partial charge in [-0.2, -0.15) is 0 Å². The van der Waals surface area contributed by atoms with Crippen molar-refractivity contribution in [2.75, 3.05) is 34.2 Å². The molecule has 11 heavy (non-hydrogen) atoms. The van der Waals surface area contributed by atoms with Gasteiger partial charge in [0.2, 0.25) is 7.37 Å². The molecule has 0 saturated heterocycles. The van der Waals surface area contributed by atoms with Crippen LogP contribution in [-0.2, 0) is 9.09 Å². The average molecular weight is 405 g/mol. The van der Waals surface area contributed by atoms with Gasteiger partial charge in [-0.3, -0.25) is 4.57 Å². The maximum atomic E-state index is 11.1. The third-order valence-electron chi connectivity index (χ3n) is 0.926. The molecule has 0 radical (unpaired) electrons. The van der Waals surface area contributed by atoms with Crippen LogP contribution in [-0.4, -0.2) is 39.1 Å². The number of rotatable bonds is 3. The molecule has 0 amide bonds. The van der Waals surface area contributed by atoms with E-state index >= 15 is 0 Å². The summed E-state index contributed by atoms with van der Waals surface area (Å²) in [5.41, 5.74) is 0. The van der Waals surface area contributed by atoms with Crippen molar-refractivity contribution in [2.45, 2.75) is 0 Å². The molecule has 0 aromatic heterocycles. The zero-order valence-electron chi connectivity index (χ0n) is 7.17. The highest BCUT2D eigenvalue weighted by Gasteiger charge is 2.13. The van der Waals surface area contributed by atoms with Crippen molar-refractivity contribution in [3.05, 3.63) is 0 Å². The highest BCUT2D eigenvalue weighted by molar-refractivity contribution is 15.0. The molecule has 3 nitrogen and oxygen atoms in total. The Labute approximate surface area is 92.0 Å². The third-order valence-corrected chi connectivity index (χ3v) is 2.78. The summed E-state index contributed by atoms with van der Waals surface area (Å²) in [5, 5.41) is 0.